The summed E-state index contributed by atoms with van der Waals surface area (Å²) in [7, 11) is 0. The van der Waals surface area contributed by atoms with E-state index in [1.54, 1.807) is 6.07 Å². The highest BCUT2D eigenvalue weighted by atomic mass is 16.7. The fourth-order valence-corrected chi connectivity index (χ4v) is 3.70. The van der Waals surface area contributed by atoms with Crippen LogP contribution in [0, 0.1) is 0 Å². The van der Waals surface area contributed by atoms with Crippen LogP contribution in [0.1, 0.15) is 71.8 Å². The summed E-state index contributed by atoms with van der Waals surface area (Å²) in [6.45, 7) is 6.42. The average Bonchev–Trinajstić information content (AvgIpc) is 2.97. The predicted molar refractivity (Wildman–Crippen MR) is 104 cm³/mol. The van der Waals surface area contributed by atoms with Gasteiger partial charge in [0.2, 0.25) is 0 Å². The Bertz CT molecular complexity index is 840. The summed E-state index contributed by atoms with van der Waals surface area (Å²) >= 11 is 0. The van der Waals surface area contributed by atoms with Gasteiger partial charge in [0.15, 0.2) is 5.78 Å². The lowest BCUT2D eigenvalue weighted by atomic mass is 9.87. The van der Waals surface area contributed by atoms with E-state index < -0.39 is 18.2 Å². The van der Waals surface area contributed by atoms with Crippen LogP contribution in [0.2, 0.25) is 0 Å². The second kappa shape index (κ2) is 8.38. The molecule has 0 N–H and O–H groups in total. The Morgan fingerprint density at radius 3 is 2.48 bits per heavy atom. The van der Waals surface area contributed by atoms with Gasteiger partial charge in [0.05, 0.1) is 12.5 Å². The maximum absolute atomic E-state index is 13.2. The molecule has 0 fully saturated rings. The van der Waals surface area contributed by atoms with Crippen molar-refractivity contribution in [2.75, 3.05) is 6.61 Å². The third kappa shape index (κ3) is 3.75. The van der Waals surface area contributed by atoms with Crippen molar-refractivity contribution in [3.63, 3.8) is 0 Å². The molecule has 2 aromatic rings. The van der Waals surface area contributed by atoms with Crippen molar-refractivity contribution in [2.45, 2.75) is 52.1 Å². The van der Waals surface area contributed by atoms with E-state index in [0.29, 0.717) is 12.2 Å². The van der Waals surface area contributed by atoms with Gasteiger partial charge in [0, 0.05) is 11.1 Å². The van der Waals surface area contributed by atoms with E-state index >= 15 is 0 Å². The van der Waals surface area contributed by atoms with Gasteiger partial charge in [0.25, 0.3) is 0 Å². The molecule has 0 amide bonds. The molecule has 2 unspecified atom stereocenters. The first kappa shape index (κ1) is 19.2. The smallest absolute Gasteiger partial charge is 0.434 e. The van der Waals surface area contributed by atoms with Crippen LogP contribution in [0.3, 0.4) is 0 Å². The van der Waals surface area contributed by atoms with Gasteiger partial charge in [-0.3, -0.25) is 4.79 Å². The van der Waals surface area contributed by atoms with Crippen LogP contribution in [-0.4, -0.2) is 18.5 Å². The van der Waals surface area contributed by atoms with Crippen LogP contribution >= 0.6 is 0 Å². The van der Waals surface area contributed by atoms with E-state index in [1.165, 1.54) is 5.56 Å². The molecule has 2 aromatic carbocycles. The van der Waals surface area contributed by atoms with Crippen LogP contribution in [0.15, 0.2) is 42.5 Å². The van der Waals surface area contributed by atoms with Crippen molar-refractivity contribution < 1.29 is 19.1 Å². The third-order valence-electron chi connectivity index (χ3n) is 5.10. The molecule has 1 aliphatic carbocycles. The fourth-order valence-electron chi connectivity index (χ4n) is 3.70. The highest BCUT2D eigenvalue weighted by molar-refractivity contribution is 6.06. The van der Waals surface area contributed by atoms with Crippen LogP contribution in [0.5, 0.6) is 0 Å². The van der Waals surface area contributed by atoms with Gasteiger partial charge in [-0.1, -0.05) is 63.2 Å². The first-order valence-corrected chi connectivity index (χ1v) is 9.68. The average molecular weight is 366 g/mol. The number of Topliss-reactive ketones (excluding diaryl/α,β-unsaturated/α-hetero) is 1. The normalized spacial score (nSPS) is 18.3. The molecule has 0 aliphatic heterocycles. The van der Waals surface area contributed by atoms with Crippen molar-refractivity contribution in [1.82, 2.24) is 0 Å². The number of fused-ring (bicyclic) bond motifs is 1. The summed E-state index contributed by atoms with van der Waals surface area (Å²) in [5.41, 5.74) is 4.67. The molecule has 4 nitrogen and oxygen atoms in total. The van der Waals surface area contributed by atoms with Gasteiger partial charge < -0.3 is 9.47 Å². The quantitative estimate of drug-likeness (QED) is 0.643. The van der Waals surface area contributed by atoms with E-state index in [2.05, 4.69) is 26.0 Å². The number of benzene rings is 2. The molecule has 0 saturated heterocycles. The largest absolute Gasteiger partial charge is 0.508 e. The van der Waals surface area contributed by atoms with Gasteiger partial charge in [-0.05, 0) is 36.0 Å². The van der Waals surface area contributed by atoms with Gasteiger partial charge in [-0.25, -0.2) is 4.79 Å². The molecule has 4 heteroatoms. The molecule has 142 valence electrons. The Morgan fingerprint density at radius 1 is 1.00 bits per heavy atom. The van der Waals surface area contributed by atoms with E-state index in [-0.39, 0.29) is 5.78 Å². The van der Waals surface area contributed by atoms with Gasteiger partial charge in [-0.2, -0.15) is 0 Å². The number of carbonyl (C=O) groups is 2. The van der Waals surface area contributed by atoms with E-state index in [9.17, 15) is 9.59 Å². The minimum absolute atomic E-state index is 0.00200. The minimum Gasteiger partial charge on any atom is -0.434 e. The second-order valence-electron chi connectivity index (χ2n) is 6.81. The fraction of sp³-hybridized carbons (Fsp3) is 0.391. The number of hydrogen-bond donors (Lipinski definition) is 0. The Hall–Kier alpha value is -2.62. The lowest BCUT2D eigenvalue weighted by Gasteiger charge is -2.22. The number of ether oxygens (including phenoxy) is 2. The molecular formula is C23H26O4. The highest BCUT2D eigenvalue weighted by Gasteiger charge is 2.44. The molecule has 0 heterocycles. The van der Waals surface area contributed by atoms with Crippen molar-refractivity contribution in [1.29, 1.82) is 0 Å². The first-order chi connectivity index (χ1) is 13.1. The van der Waals surface area contributed by atoms with Crippen LogP contribution < -0.4 is 0 Å². The third-order valence-corrected chi connectivity index (χ3v) is 5.10. The maximum Gasteiger partial charge on any atom is 0.508 e. The molecule has 0 bridgehead atoms. The molecule has 2 atom stereocenters. The molecule has 0 aromatic heterocycles. The zero-order valence-corrected chi connectivity index (χ0v) is 16.2. The summed E-state index contributed by atoms with van der Waals surface area (Å²) in [5, 5.41) is 0. The SMILES string of the molecule is CCCOC(=O)OC1c2ccccc2C(=O)C1c1ccc(CC)cc1CC. The summed E-state index contributed by atoms with van der Waals surface area (Å²) in [4.78, 5) is 25.3. The van der Waals surface area contributed by atoms with Gasteiger partial charge in [0.1, 0.15) is 6.10 Å². The number of ketones is 1. The van der Waals surface area contributed by atoms with Crippen LogP contribution in [-0.2, 0) is 22.3 Å². The number of hydrogen-bond acceptors (Lipinski definition) is 4. The Balaban J connectivity index is 2.02. The molecule has 0 saturated carbocycles. The Labute approximate surface area is 160 Å². The maximum atomic E-state index is 13.2. The van der Waals surface area contributed by atoms with Crippen molar-refractivity contribution in [3.05, 3.63) is 70.3 Å². The Kier molecular flexibility index (Phi) is 5.94. The van der Waals surface area contributed by atoms with E-state index in [1.807, 2.05) is 31.2 Å². The molecule has 1 aliphatic rings. The van der Waals surface area contributed by atoms with Crippen molar-refractivity contribution >= 4 is 11.9 Å². The molecule has 27 heavy (non-hydrogen) atoms. The van der Waals surface area contributed by atoms with E-state index in [4.69, 9.17) is 9.47 Å². The lowest BCUT2D eigenvalue weighted by Crippen LogP contribution is -2.20. The molecule has 0 spiro atoms. The standard InChI is InChI=1S/C23H26O4/c1-4-13-26-23(25)27-22-19-10-8-7-9-18(19)21(24)20(22)17-12-11-15(5-2)14-16(17)6-3/h7-12,14,20,22H,4-6,13H2,1-3H3. The lowest BCUT2D eigenvalue weighted by molar-refractivity contribution is 0.0177. The topological polar surface area (TPSA) is 52.6 Å². The number of rotatable bonds is 6. The van der Waals surface area contributed by atoms with Crippen molar-refractivity contribution in [3.8, 4) is 0 Å². The number of aryl methyl sites for hydroxylation is 2. The van der Waals surface area contributed by atoms with Gasteiger partial charge in [-0.15, -0.1) is 0 Å². The monoisotopic (exact) mass is 366 g/mol. The highest BCUT2D eigenvalue weighted by Crippen LogP contribution is 2.46. The summed E-state index contributed by atoms with van der Waals surface area (Å²) in [6.07, 6.45) is 1.10. The molecule has 3 rings (SSSR count). The predicted octanol–water partition coefficient (Wildman–Crippen LogP) is 5.40. The van der Waals surface area contributed by atoms with E-state index in [0.717, 1.165) is 36.0 Å². The zero-order valence-electron chi connectivity index (χ0n) is 16.2. The zero-order chi connectivity index (χ0) is 19.4. The summed E-state index contributed by atoms with van der Waals surface area (Å²) < 4.78 is 10.8. The molecule has 0 radical (unpaired) electrons. The van der Waals surface area contributed by atoms with Crippen LogP contribution in [0.4, 0.5) is 4.79 Å². The minimum atomic E-state index is -0.723. The molecular weight excluding hydrogens is 340 g/mol. The number of carbonyl (C=O) groups excluding carboxylic acids is 2. The second-order valence-corrected chi connectivity index (χ2v) is 6.81. The van der Waals surface area contributed by atoms with Crippen molar-refractivity contribution in [2.24, 2.45) is 0 Å². The summed E-state index contributed by atoms with van der Waals surface area (Å²) in [5.74, 6) is -0.532. The Morgan fingerprint density at radius 2 is 1.78 bits per heavy atom. The summed E-state index contributed by atoms with van der Waals surface area (Å²) in [6, 6.07) is 13.6. The van der Waals surface area contributed by atoms with Crippen LogP contribution in [0.25, 0.3) is 0 Å². The van der Waals surface area contributed by atoms with Gasteiger partial charge >= 0.3 is 6.16 Å². The first-order valence-electron chi connectivity index (χ1n) is 9.68.